The van der Waals surface area contributed by atoms with Gasteiger partial charge in [0.2, 0.25) is 10.0 Å². The van der Waals surface area contributed by atoms with Crippen LogP contribution < -0.4 is 0 Å². The molecule has 0 N–H and O–H groups in total. The normalized spacial score (nSPS) is 20.4. The van der Waals surface area contributed by atoms with Crippen molar-refractivity contribution in [1.29, 1.82) is 0 Å². The van der Waals surface area contributed by atoms with Crippen molar-refractivity contribution in [3.63, 3.8) is 0 Å². The second kappa shape index (κ2) is 3.79. The predicted octanol–water partition coefficient (Wildman–Crippen LogP) is 1.63. The minimum atomic E-state index is -3.21. The summed E-state index contributed by atoms with van der Waals surface area (Å²) in [5.41, 5.74) is 0.939. The van der Waals surface area contributed by atoms with E-state index in [2.05, 4.69) is 22.6 Å². The third-order valence-corrected chi connectivity index (χ3v) is 5.59. The van der Waals surface area contributed by atoms with Crippen molar-refractivity contribution in [2.75, 3.05) is 11.1 Å². The molecular formula is C9H10INO2S. The molecule has 76 valence electrons. The minimum absolute atomic E-state index is 0.475. The Morgan fingerprint density at radius 2 is 2.07 bits per heavy atom. The fraction of sp³-hybridized carbons (Fsp3) is 0.333. The van der Waals surface area contributed by atoms with Crippen LogP contribution in [0.25, 0.3) is 0 Å². The number of hydrogen-bond donors (Lipinski definition) is 0. The number of hydrogen-bond acceptors (Lipinski definition) is 2. The smallest absolute Gasteiger partial charge is 0.207 e. The van der Waals surface area contributed by atoms with Crippen LogP contribution in [0.1, 0.15) is 5.56 Å². The van der Waals surface area contributed by atoms with Crippen LogP contribution in [0, 0.1) is 0 Å². The number of alkyl halides is 1. The van der Waals surface area contributed by atoms with E-state index in [0.717, 1.165) is 12.0 Å². The number of nitrogens with zero attached hydrogens (tertiary/aromatic N) is 1. The van der Waals surface area contributed by atoms with Crippen LogP contribution in [0.15, 0.2) is 29.2 Å². The molecule has 1 heterocycles. The fourth-order valence-electron chi connectivity index (χ4n) is 1.59. The first-order valence-corrected chi connectivity index (χ1v) is 7.27. The average Bonchev–Trinajstić information content (AvgIpc) is 2.18. The molecule has 0 saturated carbocycles. The molecule has 1 aromatic rings. The van der Waals surface area contributed by atoms with Crippen molar-refractivity contribution in [3.05, 3.63) is 29.8 Å². The highest BCUT2D eigenvalue weighted by molar-refractivity contribution is 14.1. The van der Waals surface area contributed by atoms with E-state index < -0.39 is 10.0 Å². The third kappa shape index (κ3) is 1.57. The van der Waals surface area contributed by atoms with Gasteiger partial charge < -0.3 is 0 Å². The molecule has 0 spiro atoms. The maximum Gasteiger partial charge on any atom is 0.244 e. The summed E-state index contributed by atoms with van der Waals surface area (Å²) in [5.74, 6) is 0. The van der Waals surface area contributed by atoms with Crippen LogP contribution in [-0.2, 0) is 16.4 Å². The summed E-state index contributed by atoms with van der Waals surface area (Å²) in [6.45, 7) is 0.599. The van der Waals surface area contributed by atoms with Gasteiger partial charge in [0.05, 0.1) is 9.45 Å². The van der Waals surface area contributed by atoms with Crippen molar-refractivity contribution >= 4 is 32.6 Å². The molecule has 0 saturated heterocycles. The SMILES string of the molecule is O=S1(=O)c2ccccc2CCN1CI. The summed E-state index contributed by atoms with van der Waals surface area (Å²) in [5, 5.41) is 0. The van der Waals surface area contributed by atoms with Gasteiger partial charge in [0.15, 0.2) is 0 Å². The zero-order valence-corrected chi connectivity index (χ0v) is 10.5. The van der Waals surface area contributed by atoms with Crippen molar-refractivity contribution in [3.8, 4) is 0 Å². The summed E-state index contributed by atoms with van der Waals surface area (Å²) in [4.78, 5) is 0.475. The first kappa shape index (κ1) is 10.4. The molecule has 5 heteroatoms. The molecule has 0 atom stereocenters. The summed E-state index contributed by atoms with van der Waals surface area (Å²) < 4.78 is 25.9. The van der Waals surface area contributed by atoms with Crippen LogP contribution in [0.5, 0.6) is 0 Å². The maximum absolute atomic E-state index is 12.0. The molecule has 1 aliphatic rings. The van der Waals surface area contributed by atoms with Gasteiger partial charge in [-0.15, -0.1) is 0 Å². The zero-order valence-electron chi connectivity index (χ0n) is 7.48. The summed E-state index contributed by atoms with van der Waals surface area (Å²) in [7, 11) is -3.21. The molecule has 0 aromatic heterocycles. The highest BCUT2D eigenvalue weighted by Crippen LogP contribution is 2.26. The lowest BCUT2D eigenvalue weighted by molar-refractivity contribution is 0.452. The van der Waals surface area contributed by atoms with Gasteiger partial charge in [0.25, 0.3) is 0 Å². The van der Waals surface area contributed by atoms with Gasteiger partial charge in [-0.1, -0.05) is 40.8 Å². The average molecular weight is 323 g/mol. The summed E-state index contributed by atoms with van der Waals surface area (Å²) >= 11 is 2.08. The maximum atomic E-state index is 12.0. The monoisotopic (exact) mass is 323 g/mol. The number of sulfonamides is 1. The highest BCUT2D eigenvalue weighted by atomic mass is 127. The molecule has 0 aliphatic carbocycles. The van der Waals surface area contributed by atoms with Crippen molar-refractivity contribution in [1.82, 2.24) is 4.31 Å². The zero-order chi connectivity index (χ0) is 10.2. The van der Waals surface area contributed by atoms with Crippen molar-refractivity contribution < 1.29 is 8.42 Å². The molecule has 14 heavy (non-hydrogen) atoms. The topological polar surface area (TPSA) is 37.4 Å². The van der Waals surface area contributed by atoms with Gasteiger partial charge in [-0.05, 0) is 18.1 Å². The molecular weight excluding hydrogens is 313 g/mol. The van der Waals surface area contributed by atoms with Gasteiger partial charge in [-0.3, -0.25) is 0 Å². The third-order valence-electron chi connectivity index (χ3n) is 2.35. The Bertz CT molecular complexity index is 444. The van der Waals surface area contributed by atoms with E-state index in [9.17, 15) is 8.42 Å². The lowest BCUT2D eigenvalue weighted by Crippen LogP contribution is -2.36. The molecule has 3 nitrogen and oxygen atoms in total. The Kier molecular flexibility index (Phi) is 2.81. The molecule has 0 bridgehead atoms. The Hall–Kier alpha value is -0.140. The molecule has 0 radical (unpaired) electrons. The van der Waals surface area contributed by atoms with Gasteiger partial charge in [0.1, 0.15) is 0 Å². The van der Waals surface area contributed by atoms with Crippen LogP contribution in [0.4, 0.5) is 0 Å². The highest BCUT2D eigenvalue weighted by Gasteiger charge is 2.29. The minimum Gasteiger partial charge on any atom is -0.207 e. The van der Waals surface area contributed by atoms with E-state index >= 15 is 0 Å². The number of rotatable bonds is 1. The molecule has 0 amide bonds. The van der Waals surface area contributed by atoms with E-state index in [1.807, 2.05) is 12.1 Å². The standard InChI is InChI=1S/C9H10INO2S/c10-7-11-6-5-8-3-1-2-4-9(8)14(11,12)13/h1-4H,5-7H2. The van der Waals surface area contributed by atoms with Crippen LogP contribution in [-0.4, -0.2) is 23.8 Å². The van der Waals surface area contributed by atoms with Gasteiger partial charge in [-0.2, -0.15) is 4.31 Å². The van der Waals surface area contributed by atoms with Crippen molar-refractivity contribution in [2.45, 2.75) is 11.3 Å². The van der Waals surface area contributed by atoms with Crippen molar-refractivity contribution in [2.24, 2.45) is 0 Å². The summed E-state index contributed by atoms with van der Waals surface area (Å²) in [6, 6.07) is 7.22. The molecule has 0 fully saturated rings. The Labute approximate surface area is 97.3 Å². The second-order valence-corrected chi connectivity index (χ2v) is 5.75. The molecule has 2 rings (SSSR count). The molecule has 1 aliphatic heterocycles. The Balaban J connectivity index is 2.58. The van der Waals surface area contributed by atoms with Crippen LogP contribution in [0.3, 0.4) is 0 Å². The van der Waals surface area contributed by atoms with E-state index in [1.54, 1.807) is 12.1 Å². The second-order valence-electron chi connectivity index (χ2n) is 3.16. The van der Waals surface area contributed by atoms with E-state index in [-0.39, 0.29) is 0 Å². The van der Waals surface area contributed by atoms with Gasteiger partial charge >= 0.3 is 0 Å². The Morgan fingerprint density at radius 1 is 1.36 bits per heavy atom. The largest absolute Gasteiger partial charge is 0.244 e. The quantitative estimate of drug-likeness (QED) is 0.447. The fourth-order valence-corrected chi connectivity index (χ4v) is 4.52. The first-order chi connectivity index (χ1) is 6.66. The lowest BCUT2D eigenvalue weighted by Gasteiger charge is -2.26. The van der Waals surface area contributed by atoms with Gasteiger partial charge in [0, 0.05) is 6.54 Å². The van der Waals surface area contributed by atoms with Gasteiger partial charge in [-0.25, -0.2) is 8.42 Å². The number of fused-ring (bicyclic) bond motifs is 1. The summed E-state index contributed by atoms with van der Waals surface area (Å²) in [6.07, 6.45) is 0.818. The van der Waals surface area contributed by atoms with Crippen LogP contribution >= 0.6 is 22.6 Å². The predicted molar refractivity (Wildman–Crippen MR) is 62.9 cm³/mol. The van der Waals surface area contributed by atoms with E-state index in [1.165, 1.54) is 4.31 Å². The number of halogens is 1. The van der Waals surface area contributed by atoms with E-state index in [0.29, 0.717) is 16.0 Å². The lowest BCUT2D eigenvalue weighted by atomic mass is 10.1. The van der Waals surface area contributed by atoms with E-state index in [4.69, 9.17) is 0 Å². The number of benzene rings is 1. The first-order valence-electron chi connectivity index (χ1n) is 4.30. The molecule has 0 unspecified atom stereocenters. The molecule has 1 aromatic carbocycles. The Morgan fingerprint density at radius 3 is 2.79 bits per heavy atom. The van der Waals surface area contributed by atoms with Crippen LogP contribution in [0.2, 0.25) is 0 Å².